The van der Waals surface area contributed by atoms with Gasteiger partial charge in [0.2, 0.25) is 5.91 Å². The maximum atomic E-state index is 13.2. The number of rotatable bonds is 6. The molecule has 1 heterocycles. The maximum Gasteiger partial charge on any atom is 0.234 e. The number of halogens is 1. The van der Waals surface area contributed by atoms with Crippen LogP contribution in [0.15, 0.2) is 65.1 Å². The summed E-state index contributed by atoms with van der Waals surface area (Å²) in [6.07, 6.45) is 0. The summed E-state index contributed by atoms with van der Waals surface area (Å²) in [5.41, 5.74) is 2.88. The highest BCUT2D eigenvalue weighted by Gasteiger charge is 2.14. The van der Waals surface area contributed by atoms with Gasteiger partial charge in [0.05, 0.1) is 18.6 Å². The lowest BCUT2D eigenvalue weighted by atomic mass is 10.1. The first-order chi connectivity index (χ1) is 13.6. The number of carbonyl (C=O) groups is 1. The average Bonchev–Trinajstić information content (AvgIpc) is 3.04. The smallest absolute Gasteiger partial charge is 0.234 e. The van der Waals surface area contributed by atoms with Gasteiger partial charge in [-0.05, 0) is 29.8 Å². The minimum absolute atomic E-state index is 0.157. The summed E-state index contributed by atoms with van der Waals surface area (Å²) in [5, 5.41) is 4.81. The van der Waals surface area contributed by atoms with Crippen LogP contribution in [0.5, 0.6) is 5.75 Å². The maximum absolute atomic E-state index is 13.2. The van der Waals surface area contributed by atoms with Crippen LogP contribution >= 0.6 is 11.8 Å². The van der Waals surface area contributed by atoms with Crippen LogP contribution in [0.25, 0.3) is 21.9 Å². The van der Waals surface area contributed by atoms with Crippen molar-refractivity contribution in [1.29, 1.82) is 0 Å². The fourth-order valence-electron chi connectivity index (χ4n) is 3.09. The van der Waals surface area contributed by atoms with E-state index in [0.717, 1.165) is 21.9 Å². The van der Waals surface area contributed by atoms with E-state index < -0.39 is 0 Å². The monoisotopic (exact) mass is 395 g/mol. The van der Waals surface area contributed by atoms with Gasteiger partial charge in [-0.2, -0.15) is 0 Å². The number of carbonyl (C=O) groups excluding carboxylic acids is 1. The number of anilines is 1. The molecule has 28 heavy (non-hydrogen) atoms. The Balaban J connectivity index is 1.48. The van der Waals surface area contributed by atoms with Crippen molar-refractivity contribution in [1.82, 2.24) is 0 Å². The van der Waals surface area contributed by atoms with E-state index in [0.29, 0.717) is 22.8 Å². The summed E-state index contributed by atoms with van der Waals surface area (Å²) in [7, 11) is 1.57. The van der Waals surface area contributed by atoms with Crippen molar-refractivity contribution in [2.24, 2.45) is 0 Å². The molecule has 0 spiro atoms. The molecule has 3 aromatic carbocycles. The van der Waals surface area contributed by atoms with Crippen molar-refractivity contribution in [3.8, 4) is 5.75 Å². The fraction of sp³-hybridized carbons (Fsp3) is 0.136. The molecule has 0 bridgehead atoms. The van der Waals surface area contributed by atoms with Gasteiger partial charge in [0.1, 0.15) is 22.7 Å². The van der Waals surface area contributed by atoms with Crippen LogP contribution in [0.3, 0.4) is 0 Å². The van der Waals surface area contributed by atoms with Crippen LogP contribution in [0.2, 0.25) is 0 Å². The van der Waals surface area contributed by atoms with Gasteiger partial charge in [0, 0.05) is 22.6 Å². The standard InChI is InChI=1S/C22H18FNO3S/c1-26-21-10-17-16-7-2-3-8-19(16)27-20(17)11-18(21)24-22(25)13-28-12-14-5-4-6-15(23)9-14/h2-11H,12-13H2,1H3,(H,24,25). The summed E-state index contributed by atoms with van der Waals surface area (Å²) in [5.74, 6) is 0.951. The number of benzene rings is 3. The van der Waals surface area contributed by atoms with Crippen molar-refractivity contribution in [2.75, 3.05) is 18.2 Å². The number of ether oxygens (including phenoxy) is 1. The molecule has 1 aromatic heterocycles. The van der Waals surface area contributed by atoms with Crippen LogP contribution < -0.4 is 10.1 Å². The average molecular weight is 395 g/mol. The molecule has 4 aromatic rings. The van der Waals surface area contributed by atoms with Crippen LogP contribution in [0.4, 0.5) is 10.1 Å². The highest BCUT2D eigenvalue weighted by molar-refractivity contribution is 7.99. The first kappa shape index (κ1) is 18.4. The lowest BCUT2D eigenvalue weighted by Gasteiger charge is -2.10. The molecule has 1 N–H and O–H groups in total. The molecule has 142 valence electrons. The molecule has 4 rings (SSSR count). The Morgan fingerprint density at radius 1 is 1.07 bits per heavy atom. The van der Waals surface area contributed by atoms with E-state index in [1.54, 1.807) is 19.2 Å². The van der Waals surface area contributed by atoms with Gasteiger partial charge in [0.15, 0.2) is 0 Å². The Kier molecular flexibility index (Phi) is 5.21. The minimum atomic E-state index is -0.272. The topological polar surface area (TPSA) is 51.5 Å². The third kappa shape index (κ3) is 3.82. The minimum Gasteiger partial charge on any atom is -0.495 e. The molecule has 1 amide bonds. The van der Waals surface area contributed by atoms with E-state index in [4.69, 9.17) is 9.15 Å². The molecule has 0 aliphatic rings. The number of furan rings is 1. The Morgan fingerprint density at radius 3 is 2.75 bits per heavy atom. The highest BCUT2D eigenvalue weighted by atomic mass is 32.2. The van der Waals surface area contributed by atoms with E-state index in [1.165, 1.54) is 23.9 Å². The molecular formula is C22H18FNO3S. The third-order valence-electron chi connectivity index (χ3n) is 4.36. The van der Waals surface area contributed by atoms with E-state index >= 15 is 0 Å². The van der Waals surface area contributed by atoms with Crippen LogP contribution in [0, 0.1) is 5.82 Å². The van der Waals surface area contributed by atoms with Crippen molar-refractivity contribution >= 4 is 45.3 Å². The van der Waals surface area contributed by atoms with Crippen molar-refractivity contribution in [2.45, 2.75) is 5.75 Å². The summed E-state index contributed by atoms with van der Waals surface area (Å²) in [4.78, 5) is 12.4. The summed E-state index contributed by atoms with van der Waals surface area (Å²) >= 11 is 1.42. The Morgan fingerprint density at radius 2 is 1.93 bits per heavy atom. The second-order valence-corrected chi connectivity index (χ2v) is 7.30. The molecule has 0 atom stereocenters. The second-order valence-electron chi connectivity index (χ2n) is 6.32. The molecule has 6 heteroatoms. The van der Waals surface area contributed by atoms with Crippen molar-refractivity contribution in [3.05, 3.63) is 72.0 Å². The number of hydrogen-bond acceptors (Lipinski definition) is 4. The number of thioether (sulfide) groups is 1. The normalized spacial score (nSPS) is 11.1. The second kappa shape index (κ2) is 7.94. The molecule has 0 radical (unpaired) electrons. The van der Waals surface area contributed by atoms with Gasteiger partial charge >= 0.3 is 0 Å². The zero-order valence-corrected chi connectivity index (χ0v) is 16.0. The number of para-hydroxylation sites is 1. The Bertz CT molecular complexity index is 1160. The van der Waals surface area contributed by atoms with E-state index in [2.05, 4.69) is 5.32 Å². The summed E-state index contributed by atoms with van der Waals surface area (Å²) < 4.78 is 24.5. The zero-order chi connectivity index (χ0) is 19.5. The van der Waals surface area contributed by atoms with Crippen molar-refractivity contribution < 1.29 is 18.3 Å². The molecule has 0 fully saturated rings. The molecule has 0 saturated heterocycles. The number of nitrogens with one attached hydrogen (secondary N) is 1. The molecule has 0 unspecified atom stereocenters. The molecule has 0 aliphatic carbocycles. The molecule has 0 saturated carbocycles. The van der Waals surface area contributed by atoms with Gasteiger partial charge in [0.25, 0.3) is 0 Å². The molecular weight excluding hydrogens is 377 g/mol. The van der Waals surface area contributed by atoms with Gasteiger partial charge in [-0.15, -0.1) is 11.8 Å². The van der Waals surface area contributed by atoms with Crippen LogP contribution in [-0.2, 0) is 10.5 Å². The molecule has 4 nitrogen and oxygen atoms in total. The first-order valence-corrected chi connectivity index (χ1v) is 9.91. The summed E-state index contributed by atoms with van der Waals surface area (Å²) in [6.45, 7) is 0. The quantitative estimate of drug-likeness (QED) is 0.461. The Labute approximate surface area is 165 Å². The number of methoxy groups -OCH3 is 1. The van der Waals surface area contributed by atoms with E-state index in [-0.39, 0.29) is 17.5 Å². The predicted octanol–water partition coefficient (Wildman–Crippen LogP) is 5.61. The highest BCUT2D eigenvalue weighted by Crippen LogP contribution is 2.36. The fourth-order valence-corrected chi connectivity index (χ4v) is 3.87. The zero-order valence-electron chi connectivity index (χ0n) is 15.2. The van der Waals surface area contributed by atoms with E-state index in [1.807, 2.05) is 36.4 Å². The lowest BCUT2D eigenvalue weighted by Crippen LogP contribution is -2.14. The Hall–Kier alpha value is -2.99. The van der Waals surface area contributed by atoms with Crippen LogP contribution in [0.1, 0.15) is 5.56 Å². The first-order valence-electron chi connectivity index (χ1n) is 8.75. The number of fused-ring (bicyclic) bond motifs is 3. The third-order valence-corrected chi connectivity index (χ3v) is 5.37. The van der Waals surface area contributed by atoms with Gasteiger partial charge in [-0.1, -0.05) is 30.3 Å². The largest absolute Gasteiger partial charge is 0.495 e. The van der Waals surface area contributed by atoms with Gasteiger partial charge < -0.3 is 14.5 Å². The number of hydrogen-bond donors (Lipinski definition) is 1. The SMILES string of the molecule is COc1cc2c(cc1NC(=O)CSCc1cccc(F)c1)oc1ccccc12. The van der Waals surface area contributed by atoms with E-state index in [9.17, 15) is 9.18 Å². The predicted molar refractivity (Wildman–Crippen MR) is 111 cm³/mol. The van der Waals surface area contributed by atoms with Crippen LogP contribution in [-0.4, -0.2) is 18.8 Å². The van der Waals surface area contributed by atoms with Gasteiger partial charge in [-0.25, -0.2) is 4.39 Å². The van der Waals surface area contributed by atoms with Gasteiger partial charge in [-0.3, -0.25) is 4.79 Å². The lowest BCUT2D eigenvalue weighted by molar-refractivity contribution is -0.113. The summed E-state index contributed by atoms with van der Waals surface area (Å²) in [6, 6.07) is 17.8. The molecule has 0 aliphatic heterocycles. The number of amides is 1. The van der Waals surface area contributed by atoms with Crippen molar-refractivity contribution in [3.63, 3.8) is 0 Å².